The molecule has 4 N–H and O–H groups in total. The highest BCUT2D eigenvalue weighted by atomic mass is 16.4. The summed E-state index contributed by atoms with van der Waals surface area (Å²) in [5, 5.41) is 21.2. The molecular formula is C13H22N4O2. The van der Waals surface area contributed by atoms with Crippen LogP contribution in [-0.2, 0) is 0 Å². The maximum atomic E-state index is 9.19. The second-order valence-corrected chi connectivity index (χ2v) is 4.78. The Balaban J connectivity index is 3.46. The predicted octanol–water partition coefficient (Wildman–Crippen LogP) is 1.00. The molecule has 0 spiro atoms. The van der Waals surface area contributed by atoms with E-state index in [2.05, 4.69) is 10.1 Å². The fourth-order valence-corrected chi connectivity index (χ4v) is 2.11. The summed E-state index contributed by atoms with van der Waals surface area (Å²) in [6.45, 7) is 8.25. The van der Waals surface area contributed by atoms with Gasteiger partial charge >= 0.3 is 0 Å². The topological polar surface area (TPSA) is 95.0 Å². The lowest BCUT2D eigenvalue weighted by Gasteiger charge is -2.29. The SMILES string of the molecule is Cc1cc(C)c(C(N)=NO)c(N(CCO)C(C)C)n1. The number of aliphatic hydroxyl groups excluding tert-OH is 1. The molecule has 1 heterocycles. The first-order chi connectivity index (χ1) is 8.92. The molecule has 19 heavy (non-hydrogen) atoms. The molecule has 0 bridgehead atoms. The molecule has 1 aromatic heterocycles. The van der Waals surface area contributed by atoms with Crippen molar-refractivity contribution < 1.29 is 10.3 Å². The lowest BCUT2D eigenvalue weighted by molar-refractivity contribution is 0.298. The summed E-state index contributed by atoms with van der Waals surface area (Å²) < 4.78 is 0. The lowest BCUT2D eigenvalue weighted by atomic mass is 10.1. The third kappa shape index (κ3) is 3.35. The van der Waals surface area contributed by atoms with E-state index in [0.717, 1.165) is 11.3 Å². The van der Waals surface area contributed by atoms with Gasteiger partial charge in [0.15, 0.2) is 5.84 Å². The van der Waals surface area contributed by atoms with Crippen LogP contribution in [-0.4, -0.2) is 40.3 Å². The Hall–Kier alpha value is -1.82. The highest BCUT2D eigenvalue weighted by Gasteiger charge is 2.20. The van der Waals surface area contributed by atoms with Gasteiger partial charge in [-0.3, -0.25) is 0 Å². The minimum atomic E-state index is 0.0163. The van der Waals surface area contributed by atoms with E-state index in [1.165, 1.54) is 0 Å². The van der Waals surface area contributed by atoms with E-state index in [4.69, 9.17) is 10.9 Å². The number of aryl methyl sites for hydroxylation is 2. The number of nitrogens with zero attached hydrogens (tertiary/aromatic N) is 3. The van der Waals surface area contributed by atoms with Gasteiger partial charge in [0.25, 0.3) is 0 Å². The smallest absolute Gasteiger partial charge is 0.174 e. The standard InChI is InChI=1S/C13H22N4O2/c1-8(2)17(5-6-18)13-11(12(14)16-19)9(3)7-10(4)15-13/h7-8,18-19H,5-6H2,1-4H3,(H2,14,16). The number of hydrogen-bond acceptors (Lipinski definition) is 5. The second-order valence-electron chi connectivity index (χ2n) is 4.78. The zero-order valence-electron chi connectivity index (χ0n) is 11.9. The number of oxime groups is 1. The Morgan fingerprint density at radius 2 is 2.11 bits per heavy atom. The molecule has 1 rings (SSSR count). The van der Waals surface area contributed by atoms with E-state index in [1.807, 2.05) is 38.7 Å². The number of aromatic nitrogens is 1. The predicted molar refractivity (Wildman–Crippen MR) is 75.8 cm³/mol. The van der Waals surface area contributed by atoms with Crippen LogP contribution < -0.4 is 10.6 Å². The summed E-state index contributed by atoms with van der Waals surface area (Å²) in [6.07, 6.45) is 0. The maximum Gasteiger partial charge on any atom is 0.174 e. The van der Waals surface area contributed by atoms with Gasteiger partial charge in [-0.05, 0) is 39.3 Å². The summed E-state index contributed by atoms with van der Waals surface area (Å²) in [5.74, 6) is 0.667. The molecule has 0 aromatic carbocycles. The first kappa shape index (κ1) is 15.2. The van der Waals surface area contributed by atoms with Crippen LogP contribution in [0.15, 0.2) is 11.2 Å². The number of amidine groups is 1. The van der Waals surface area contributed by atoms with Crippen LogP contribution in [0.3, 0.4) is 0 Å². The largest absolute Gasteiger partial charge is 0.409 e. The van der Waals surface area contributed by atoms with E-state index >= 15 is 0 Å². The van der Waals surface area contributed by atoms with Crippen molar-refractivity contribution in [3.05, 3.63) is 22.9 Å². The fraction of sp³-hybridized carbons (Fsp3) is 0.538. The zero-order chi connectivity index (χ0) is 14.6. The normalized spacial score (nSPS) is 12.0. The molecule has 0 radical (unpaired) electrons. The van der Waals surface area contributed by atoms with Crippen molar-refractivity contribution in [3.8, 4) is 0 Å². The molecule has 0 saturated carbocycles. The van der Waals surface area contributed by atoms with Crippen LogP contribution >= 0.6 is 0 Å². The Bertz CT molecular complexity index is 472. The fourth-order valence-electron chi connectivity index (χ4n) is 2.11. The Morgan fingerprint density at radius 3 is 2.58 bits per heavy atom. The van der Waals surface area contributed by atoms with Crippen molar-refractivity contribution in [1.29, 1.82) is 0 Å². The van der Waals surface area contributed by atoms with Gasteiger partial charge in [-0.1, -0.05) is 5.16 Å². The highest BCUT2D eigenvalue weighted by molar-refractivity contribution is 6.02. The molecule has 0 fully saturated rings. The molecule has 0 atom stereocenters. The summed E-state index contributed by atoms with van der Waals surface area (Å²) in [7, 11) is 0. The molecule has 0 saturated heterocycles. The van der Waals surface area contributed by atoms with Gasteiger partial charge in [-0.2, -0.15) is 0 Å². The first-order valence-corrected chi connectivity index (χ1v) is 6.26. The van der Waals surface area contributed by atoms with Crippen molar-refractivity contribution in [2.24, 2.45) is 10.9 Å². The van der Waals surface area contributed by atoms with Gasteiger partial charge in [0.05, 0.1) is 12.2 Å². The number of hydrogen-bond donors (Lipinski definition) is 3. The van der Waals surface area contributed by atoms with Crippen molar-refractivity contribution in [2.45, 2.75) is 33.7 Å². The number of nitrogens with two attached hydrogens (primary N) is 1. The summed E-state index contributed by atoms with van der Waals surface area (Å²) >= 11 is 0. The Morgan fingerprint density at radius 1 is 1.47 bits per heavy atom. The summed E-state index contributed by atoms with van der Waals surface area (Å²) in [5.41, 5.74) is 8.10. The molecule has 6 heteroatoms. The Kier molecular flexibility index (Phi) is 5.11. The van der Waals surface area contributed by atoms with Gasteiger partial charge in [-0.15, -0.1) is 0 Å². The Labute approximate surface area is 113 Å². The quantitative estimate of drug-likeness (QED) is 0.320. The third-order valence-corrected chi connectivity index (χ3v) is 2.93. The lowest BCUT2D eigenvalue weighted by Crippen LogP contribution is -2.36. The number of pyridine rings is 1. The second kappa shape index (κ2) is 6.38. The molecule has 0 amide bonds. The van der Waals surface area contributed by atoms with Crippen LogP contribution in [0.25, 0.3) is 0 Å². The molecule has 0 aliphatic heterocycles. The van der Waals surface area contributed by atoms with Crippen molar-refractivity contribution in [1.82, 2.24) is 4.98 Å². The van der Waals surface area contributed by atoms with Gasteiger partial charge in [0.1, 0.15) is 5.82 Å². The third-order valence-electron chi connectivity index (χ3n) is 2.93. The monoisotopic (exact) mass is 266 g/mol. The molecule has 0 aliphatic carbocycles. The summed E-state index contributed by atoms with van der Waals surface area (Å²) in [6, 6.07) is 2.03. The minimum absolute atomic E-state index is 0.0163. The van der Waals surface area contributed by atoms with Crippen LogP contribution in [0, 0.1) is 13.8 Å². The minimum Gasteiger partial charge on any atom is -0.409 e. The van der Waals surface area contributed by atoms with Gasteiger partial charge in [0, 0.05) is 18.3 Å². The number of aliphatic hydroxyl groups is 1. The van der Waals surface area contributed by atoms with Gasteiger partial charge in [0.2, 0.25) is 0 Å². The van der Waals surface area contributed by atoms with E-state index in [-0.39, 0.29) is 18.5 Å². The van der Waals surface area contributed by atoms with Gasteiger partial charge in [-0.25, -0.2) is 4.98 Å². The molecular weight excluding hydrogens is 244 g/mol. The van der Waals surface area contributed by atoms with Crippen molar-refractivity contribution in [3.63, 3.8) is 0 Å². The van der Waals surface area contributed by atoms with E-state index in [0.29, 0.717) is 17.9 Å². The average Bonchev–Trinajstić information content (AvgIpc) is 2.33. The molecule has 0 aliphatic rings. The highest BCUT2D eigenvalue weighted by Crippen LogP contribution is 2.24. The average molecular weight is 266 g/mol. The van der Waals surface area contributed by atoms with Crippen molar-refractivity contribution in [2.75, 3.05) is 18.1 Å². The maximum absolute atomic E-state index is 9.19. The molecule has 106 valence electrons. The summed E-state index contributed by atoms with van der Waals surface area (Å²) in [4.78, 5) is 6.42. The van der Waals surface area contributed by atoms with Gasteiger partial charge < -0.3 is 20.9 Å². The van der Waals surface area contributed by atoms with Crippen LogP contribution in [0.4, 0.5) is 5.82 Å². The zero-order valence-corrected chi connectivity index (χ0v) is 11.9. The van der Waals surface area contributed by atoms with Crippen LogP contribution in [0.1, 0.15) is 30.7 Å². The molecule has 0 unspecified atom stereocenters. The van der Waals surface area contributed by atoms with Crippen LogP contribution in [0.5, 0.6) is 0 Å². The number of rotatable bonds is 5. The van der Waals surface area contributed by atoms with E-state index in [1.54, 1.807) is 0 Å². The van der Waals surface area contributed by atoms with Crippen LogP contribution in [0.2, 0.25) is 0 Å². The first-order valence-electron chi connectivity index (χ1n) is 6.26. The molecule has 6 nitrogen and oxygen atoms in total. The van der Waals surface area contributed by atoms with Crippen molar-refractivity contribution >= 4 is 11.7 Å². The number of anilines is 1. The van der Waals surface area contributed by atoms with E-state index in [9.17, 15) is 5.11 Å². The van der Waals surface area contributed by atoms with E-state index < -0.39 is 0 Å². The molecule has 1 aromatic rings.